The third-order valence-corrected chi connectivity index (χ3v) is 6.09. The number of nitrogens with zero attached hydrogens (tertiary/aromatic N) is 3. The lowest BCUT2D eigenvalue weighted by molar-refractivity contribution is -0.137. The molecule has 0 aromatic heterocycles. The second-order valence-corrected chi connectivity index (χ2v) is 10.4. The highest BCUT2D eigenvalue weighted by molar-refractivity contribution is 7.90. The number of alkyl halides is 9. The smallest absolute Gasteiger partial charge is 0.332 e. The Morgan fingerprint density at radius 2 is 1.56 bits per heavy atom. The van der Waals surface area contributed by atoms with Gasteiger partial charge in [-0.2, -0.15) is 44.9 Å². The van der Waals surface area contributed by atoms with E-state index in [4.69, 9.17) is 23.2 Å². The molecule has 2 aliphatic heterocycles. The van der Waals surface area contributed by atoms with Crippen LogP contribution in [-0.2, 0) is 16.0 Å². The number of anilines is 1. The Labute approximate surface area is 206 Å². The highest BCUT2D eigenvalue weighted by atomic mass is 35.5. The molecule has 0 saturated carbocycles. The highest BCUT2D eigenvalue weighted by Gasteiger charge is 2.52. The van der Waals surface area contributed by atoms with Crippen LogP contribution in [0.3, 0.4) is 0 Å². The van der Waals surface area contributed by atoms with Crippen molar-refractivity contribution in [2.45, 2.75) is 24.7 Å². The van der Waals surface area contributed by atoms with Gasteiger partial charge in [-0.15, -0.1) is 0 Å². The minimum Gasteiger partial charge on any atom is -0.332 e. The number of benzene rings is 1. The standard InChI is InChI=1S/C17H12Cl2F9N5O2S/c1-36(34,35)3-2-29-13-9-11(16(23,24)25)30-14(17(26,27)28)31-12(9)32-33(13)10-7(18)4-6(5-8(10)19)15(20,21)22/h4-5,12,32H,2-3H2,1H3,(H,30,31). The fraction of sp³-hybridized carbons (Fsp3) is 0.412. The van der Waals surface area contributed by atoms with E-state index in [0.29, 0.717) is 17.1 Å². The molecule has 1 aromatic rings. The van der Waals surface area contributed by atoms with Crippen LogP contribution in [0.25, 0.3) is 0 Å². The minimum atomic E-state index is -5.41. The minimum absolute atomic E-state index is 0.391. The lowest BCUT2D eigenvalue weighted by Gasteiger charge is -2.25. The summed E-state index contributed by atoms with van der Waals surface area (Å²) < 4.78 is 143. The molecule has 200 valence electrons. The molecule has 2 aliphatic rings. The van der Waals surface area contributed by atoms with E-state index < -0.39 is 91.1 Å². The van der Waals surface area contributed by atoms with Gasteiger partial charge in [0.25, 0.3) is 0 Å². The second-order valence-electron chi connectivity index (χ2n) is 7.38. The van der Waals surface area contributed by atoms with Crippen molar-refractivity contribution < 1.29 is 47.9 Å². The molecular formula is C17H12Cl2F9N5O2S. The number of hydrogen-bond acceptors (Lipinski definition) is 6. The van der Waals surface area contributed by atoms with Crippen molar-refractivity contribution in [1.82, 2.24) is 10.7 Å². The summed E-state index contributed by atoms with van der Waals surface area (Å²) in [5.74, 6) is -3.50. The number of hydrazine groups is 1. The molecule has 7 nitrogen and oxygen atoms in total. The number of allylic oxidation sites excluding steroid dienone is 1. The van der Waals surface area contributed by atoms with Gasteiger partial charge < -0.3 is 5.32 Å². The van der Waals surface area contributed by atoms with Crippen LogP contribution in [0, 0.1) is 0 Å². The van der Waals surface area contributed by atoms with Crippen LogP contribution in [0.2, 0.25) is 10.0 Å². The fourth-order valence-corrected chi connectivity index (χ4v) is 4.21. The summed E-state index contributed by atoms with van der Waals surface area (Å²) in [6, 6.07) is 0.782. The molecule has 1 atom stereocenters. The fourth-order valence-electron chi connectivity index (χ4n) is 3.13. The van der Waals surface area contributed by atoms with Gasteiger partial charge in [0.15, 0.2) is 5.84 Å². The average Bonchev–Trinajstić information content (AvgIpc) is 3.01. The summed E-state index contributed by atoms with van der Waals surface area (Å²) >= 11 is 11.9. The molecule has 0 bridgehead atoms. The van der Waals surface area contributed by atoms with Crippen LogP contribution in [0.15, 0.2) is 33.4 Å². The lowest BCUT2D eigenvalue weighted by atomic mass is 10.1. The van der Waals surface area contributed by atoms with Crippen molar-refractivity contribution in [3.63, 3.8) is 0 Å². The van der Waals surface area contributed by atoms with Crippen molar-refractivity contribution >= 4 is 50.4 Å². The van der Waals surface area contributed by atoms with Gasteiger partial charge in [-0.3, -0.25) is 10.0 Å². The molecule has 1 aromatic carbocycles. The molecular weight excluding hydrogens is 580 g/mol. The number of aliphatic imine (C=N–C) groups is 2. The average molecular weight is 592 g/mol. The molecule has 19 heteroatoms. The Hall–Kier alpha value is -2.24. The molecule has 2 heterocycles. The zero-order chi connectivity index (χ0) is 27.4. The summed E-state index contributed by atoms with van der Waals surface area (Å²) in [5.41, 5.74) is -2.65. The first-order chi connectivity index (χ1) is 16.2. The predicted molar refractivity (Wildman–Crippen MR) is 113 cm³/mol. The number of sulfone groups is 1. The summed E-state index contributed by atoms with van der Waals surface area (Å²) in [4.78, 5) is 6.95. The van der Waals surface area contributed by atoms with E-state index in [-0.39, 0.29) is 0 Å². The normalized spacial score (nSPS) is 20.6. The summed E-state index contributed by atoms with van der Waals surface area (Å²) in [6.45, 7) is -0.667. The second kappa shape index (κ2) is 9.25. The molecule has 3 rings (SSSR count). The van der Waals surface area contributed by atoms with Crippen LogP contribution >= 0.6 is 23.2 Å². The Morgan fingerprint density at radius 1 is 1.00 bits per heavy atom. The molecule has 36 heavy (non-hydrogen) atoms. The van der Waals surface area contributed by atoms with E-state index in [0.717, 1.165) is 6.26 Å². The van der Waals surface area contributed by atoms with Crippen molar-refractivity contribution in [2.75, 3.05) is 23.6 Å². The Kier molecular flexibility index (Phi) is 7.28. The van der Waals surface area contributed by atoms with E-state index in [1.54, 1.807) is 0 Å². The lowest BCUT2D eigenvalue weighted by Crippen LogP contribution is -2.47. The van der Waals surface area contributed by atoms with Crippen LogP contribution in [0.4, 0.5) is 45.2 Å². The summed E-state index contributed by atoms with van der Waals surface area (Å²) in [7, 11) is -3.69. The largest absolute Gasteiger partial charge is 0.449 e. The Morgan fingerprint density at radius 3 is 2.00 bits per heavy atom. The van der Waals surface area contributed by atoms with Gasteiger partial charge in [0.2, 0.25) is 5.84 Å². The van der Waals surface area contributed by atoms with Gasteiger partial charge in [0.1, 0.15) is 21.7 Å². The first-order valence-electron chi connectivity index (χ1n) is 9.28. The summed E-state index contributed by atoms with van der Waals surface area (Å²) in [6.07, 6.45) is -17.0. The van der Waals surface area contributed by atoms with Crippen molar-refractivity contribution in [2.24, 2.45) is 9.98 Å². The number of amidine groups is 2. The third kappa shape index (κ3) is 6.00. The van der Waals surface area contributed by atoms with Gasteiger partial charge in [-0.1, -0.05) is 23.2 Å². The monoisotopic (exact) mass is 591 g/mol. The number of halogens is 11. The maximum atomic E-state index is 13.8. The van der Waals surface area contributed by atoms with Gasteiger partial charge >= 0.3 is 18.5 Å². The van der Waals surface area contributed by atoms with Crippen LogP contribution in [-0.4, -0.2) is 57.2 Å². The Balaban J connectivity index is 2.25. The van der Waals surface area contributed by atoms with Gasteiger partial charge in [-0.05, 0) is 12.1 Å². The van der Waals surface area contributed by atoms with E-state index in [9.17, 15) is 47.9 Å². The molecule has 2 N–H and O–H groups in total. The van der Waals surface area contributed by atoms with Crippen molar-refractivity contribution in [1.29, 1.82) is 0 Å². The molecule has 0 aliphatic carbocycles. The summed E-state index contributed by atoms with van der Waals surface area (Å²) in [5, 5.41) is 0.200. The topological polar surface area (TPSA) is 86.2 Å². The number of hydrogen-bond donors (Lipinski definition) is 2. The van der Waals surface area contributed by atoms with E-state index in [1.165, 1.54) is 5.32 Å². The van der Waals surface area contributed by atoms with Crippen LogP contribution in [0.5, 0.6) is 0 Å². The van der Waals surface area contributed by atoms with Gasteiger partial charge in [0.05, 0.1) is 39.2 Å². The molecule has 0 spiro atoms. The third-order valence-electron chi connectivity index (χ3n) is 4.59. The SMILES string of the molecule is CS(=O)(=O)CCN=C1C2=C(C(F)(F)F)NC(C(F)(F)F)=NC2NN1c1c(Cl)cc(C(F)(F)F)cc1Cl. The zero-order valence-electron chi connectivity index (χ0n) is 17.4. The van der Waals surface area contributed by atoms with Crippen LogP contribution in [0.1, 0.15) is 5.56 Å². The van der Waals surface area contributed by atoms with Crippen molar-refractivity contribution in [3.05, 3.63) is 39.0 Å². The molecule has 0 radical (unpaired) electrons. The molecule has 1 fully saturated rings. The molecule has 0 amide bonds. The predicted octanol–water partition coefficient (Wildman–Crippen LogP) is 4.49. The number of nitrogens with one attached hydrogen (secondary N) is 2. The van der Waals surface area contributed by atoms with E-state index >= 15 is 0 Å². The van der Waals surface area contributed by atoms with Gasteiger partial charge in [0, 0.05) is 6.26 Å². The highest BCUT2D eigenvalue weighted by Crippen LogP contribution is 2.43. The van der Waals surface area contributed by atoms with Crippen LogP contribution < -0.4 is 15.8 Å². The Bertz CT molecular complexity index is 1250. The quantitative estimate of drug-likeness (QED) is 0.504. The molecule has 1 unspecified atom stereocenters. The van der Waals surface area contributed by atoms with Gasteiger partial charge in [-0.25, -0.2) is 13.4 Å². The van der Waals surface area contributed by atoms with E-state index in [2.05, 4.69) is 15.4 Å². The maximum absolute atomic E-state index is 13.8. The zero-order valence-corrected chi connectivity index (χ0v) is 19.7. The number of rotatable bonds is 4. The first kappa shape index (κ1) is 28.3. The van der Waals surface area contributed by atoms with E-state index in [1.807, 2.05) is 0 Å². The maximum Gasteiger partial charge on any atom is 0.449 e. The number of fused-ring (bicyclic) bond motifs is 1. The first-order valence-corrected chi connectivity index (χ1v) is 12.1. The van der Waals surface area contributed by atoms with Crippen molar-refractivity contribution in [3.8, 4) is 0 Å². The molecule has 1 saturated heterocycles.